The number of aromatic nitrogens is 2. The summed E-state index contributed by atoms with van der Waals surface area (Å²) in [7, 11) is 0. The Labute approximate surface area is 67.2 Å². The Morgan fingerprint density at radius 3 is 2.91 bits per heavy atom. The summed E-state index contributed by atoms with van der Waals surface area (Å²) >= 11 is 0. The van der Waals surface area contributed by atoms with Crippen LogP contribution in [0, 0.1) is 0 Å². The van der Waals surface area contributed by atoms with Crippen LogP contribution in [-0.2, 0) is 13.0 Å². The number of H-pyrrole nitrogens is 1. The Kier molecular flexibility index (Phi) is 3.11. The Morgan fingerprint density at radius 1 is 1.55 bits per heavy atom. The summed E-state index contributed by atoms with van der Waals surface area (Å²) < 4.78 is 0. The highest BCUT2D eigenvalue weighted by Crippen LogP contribution is 1.96. The van der Waals surface area contributed by atoms with Gasteiger partial charge in [-0.05, 0) is 6.54 Å². The fourth-order valence-electron chi connectivity index (χ4n) is 0.935. The van der Waals surface area contributed by atoms with Gasteiger partial charge in [0.05, 0.1) is 0 Å². The van der Waals surface area contributed by atoms with Crippen LogP contribution in [0.1, 0.15) is 25.4 Å². The second kappa shape index (κ2) is 4.13. The predicted octanol–water partition coefficient (Wildman–Crippen LogP) is 1.08. The third-order valence-electron chi connectivity index (χ3n) is 1.58. The summed E-state index contributed by atoms with van der Waals surface area (Å²) in [5.41, 5.74) is 1.17. The molecule has 0 aromatic carbocycles. The van der Waals surface area contributed by atoms with E-state index in [0.717, 1.165) is 25.3 Å². The lowest BCUT2D eigenvalue weighted by molar-refractivity contribution is 0.712. The minimum Gasteiger partial charge on any atom is -0.345 e. The molecule has 2 N–H and O–H groups in total. The quantitative estimate of drug-likeness (QED) is 0.679. The predicted molar refractivity (Wildman–Crippen MR) is 45.3 cm³/mol. The van der Waals surface area contributed by atoms with E-state index < -0.39 is 0 Å². The molecule has 3 nitrogen and oxygen atoms in total. The largest absolute Gasteiger partial charge is 0.345 e. The van der Waals surface area contributed by atoms with Crippen molar-refractivity contribution < 1.29 is 0 Å². The molecule has 0 saturated carbocycles. The molecular weight excluding hydrogens is 138 g/mol. The molecule has 0 amide bonds. The van der Waals surface area contributed by atoms with Gasteiger partial charge in [-0.3, -0.25) is 0 Å². The maximum absolute atomic E-state index is 4.19. The van der Waals surface area contributed by atoms with Gasteiger partial charge in [-0.25, -0.2) is 4.98 Å². The maximum Gasteiger partial charge on any atom is 0.105 e. The van der Waals surface area contributed by atoms with Crippen molar-refractivity contribution in [3.63, 3.8) is 0 Å². The molecule has 0 saturated heterocycles. The average Bonchev–Trinajstić information content (AvgIpc) is 2.48. The molecule has 11 heavy (non-hydrogen) atoms. The highest BCUT2D eigenvalue weighted by atomic mass is 15.0. The summed E-state index contributed by atoms with van der Waals surface area (Å²) in [5.74, 6) is 1.07. The molecule has 0 radical (unpaired) electrons. The van der Waals surface area contributed by atoms with Crippen molar-refractivity contribution in [2.24, 2.45) is 0 Å². The number of hydrogen-bond acceptors (Lipinski definition) is 2. The topological polar surface area (TPSA) is 40.7 Å². The number of nitrogens with zero attached hydrogens (tertiary/aromatic N) is 1. The molecule has 0 bridgehead atoms. The fourth-order valence-corrected chi connectivity index (χ4v) is 0.935. The summed E-state index contributed by atoms with van der Waals surface area (Å²) in [4.78, 5) is 7.42. The van der Waals surface area contributed by atoms with Gasteiger partial charge < -0.3 is 10.3 Å². The van der Waals surface area contributed by atoms with Crippen LogP contribution in [0.3, 0.4) is 0 Å². The molecule has 0 aliphatic heterocycles. The summed E-state index contributed by atoms with van der Waals surface area (Å²) in [6, 6.07) is 0. The lowest BCUT2D eigenvalue weighted by Crippen LogP contribution is -2.11. The number of aryl methyl sites for hydroxylation is 1. The van der Waals surface area contributed by atoms with Gasteiger partial charge in [-0.2, -0.15) is 0 Å². The van der Waals surface area contributed by atoms with Gasteiger partial charge in [0.1, 0.15) is 5.82 Å². The van der Waals surface area contributed by atoms with Crippen molar-refractivity contribution >= 4 is 0 Å². The van der Waals surface area contributed by atoms with Gasteiger partial charge in [0.25, 0.3) is 0 Å². The third kappa shape index (κ3) is 2.35. The highest BCUT2D eigenvalue weighted by molar-refractivity contribution is 5.00. The Morgan fingerprint density at radius 2 is 2.36 bits per heavy atom. The number of hydrogen-bond donors (Lipinski definition) is 2. The van der Waals surface area contributed by atoms with Gasteiger partial charge in [0, 0.05) is 24.9 Å². The zero-order valence-electron chi connectivity index (χ0n) is 7.15. The van der Waals surface area contributed by atoms with Crippen molar-refractivity contribution in [2.75, 3.05) is 6.54 Å². The molecule has 0 unspecified atom stereocenters. The standard InChI is InChI=1S/C8H15N3/c1-3-8-10-6-7(11-8)5-9-4-2/h6,9H,3-5H2,1-2H3,(H,10,11). The summed E-state index contributed by atoms with van der Waals surface area (Å²) in [5, 5.41) is 3.23. The van der Waals surface area contributed by atoms with Crippen LogP contribution in [0.4, 0.5) is 0 Å². The molecule has 1 aromatic rings. The van der Waals surface area contributed by atoms with Crippen molar-refractivity contribution in [1.29, 1.82) is 0 Å². The van der Waals surface area contributed by atoms with Crippen LogP contribution in [0.2, 0.25) is 0 Å². The first kappa shape index (κ1) is 8.27. The second-order valence-corrected chi connectivity index (χ2v) is 2.49. The van der Waals surface area contributed by atoms with Crippen molar-refractivity contribution in [2.45, 2.75) is 26.8 Å². The smallest absolute Gasteiger partial charge is 0.105 e. The Hall–Kier alpha value is -0.830. The summed E-state index contributed by atoms with van der Waals surface area (Å²) in [6.07, 6.45) is 2.87. The van der Waals surface area contributed by atoms with Crippen LogP contribution in [-0.4, -0.2) is 16.5 Å². The van der Waals surface area contributed by atoms with Crippen molar-refractivity contribution in [3.8, 4) is 0 Å². The number of imidazole rings is 1. The van der Waals surface area contributed by atoms with Crippen LogP contribution < -0.4 is 5.32 Å². The van der Waals surface area contributed by atoms with Gasteiger partial charge in [-0.15, -0.1) is 0 Å². The van der Waals surface area contributed by atoms with Crippen LogP contribution in [0.15, 0.2) is 6.20 Å². The number of nitrogens with one attached hydrogen (secondary N) is 2. The first-order chi connectivity index (χ1) is 5.36. The van der Waals surface area contributed by atoms with E-state index >= 15 is 0 Å². The SMILES string of the molecule is CCNCc1cnc(CC)[nH]1. The molecule has 0 fully saturated rings. The molecule has 0 atom stereocenters. The molecule has 1 rings (SSSR count). The van der Waals surface area contributed by atoms with Gasteiger partial charge >= 0.3 is 0 Å². The van der Waals surface area contributed by atoms with E-state index in [1.54, 1.807) is 0 Å². The summed E-state index contributed by atoms with van der Waals surface area (Å²) in [6.45, 7) is 6.08. The van der Waals surface area contributed by atoms with E-state index in [9.17, 15) is 0 Å². The number of aromatic amines is 1. The molecule has 0 spiro atoms. The van der Waals surface area contributed by atoms with E-state index in [4.69, 9.17) is 0 Å². The van der Waals surface area contributed by atoms with Gasteiger partial charge in [0.15, 0.2) is 0 Å². The van der Waals surface area contributed by atoms with Crippen LogP contribution in [0.5, 0.6) is 0 Å². The van der Waals surface area contributed by atoms with Crippen molar-refractivity contribution in [1.82, 2.24) is 15.3 Å². The first-order valence-electron chi connectivity index (χ1n) is 4.10. The normalized spacial score (nSPS) is 10.4. The second-order valence-electron chi connectivity index (χ2n) is 2.49. The third-order valence-corrected chi connectivity index (χ3v) is 1.58. The fraction of sp³-hybridized carbons (Fsp3) is 0.625. The monoisotopic (exact) mass is 153 g/mol. The van der Waals surface area contributed by atoms with E-state index in [2.05, 4.69) is 29.1 Å². The van der Waals surface area contributed by atoms with E-state index in [1.165, 1.54) is 5.69 Å². The molecule has 1 aromatic heterocycles. The van der Waals surface area contributed by atoms with E-state index in [1.807, 2.05) is 6.20 Å². The lowest BCUT2D eigenvalue weighted by atomic mass is 10.4. The average molecular weight is 153 g/mol. The molecule has 3 heteroatoms. The van der Waals surface area contributed by atoms with Crippen LogP contribution >= 0.6 is 0 Å². The number of rotatable bonds is 4. The molecule has 1 heterocycles. The minimum atomic E-state index is 0.892. The highest BCUT2D eigenvalue weighted by Gasteiger charge is 1.95. The Balaban J connectivity index is 2.44. The lowest BCUT2D eigenvalue weighted by Gasteiger charge is -1.95. The van der Waals surface area contributed by atoms with Gasteiger partial charge in [0.2, 0.25) is 0 Å². The molecular formula is C8H15N3. The maximum atomic E-state index is 4.19. The Bertz CT molecular complexity index is 205. The molecule has 62 valence electrons. The van der Waals surface area contributed by atoms with Crippen molar-refractivity contribution in [3.05, 3.63) is 17.7 Å². The van der Waals surface area contributed by atoms with E-state index in [-0.39, 0.29) is 0 Å². The molecule has 0 aliphatic rings. The zero-order valence-corrected chi connectivity index (χ0v) is 7.15. The first-order valence-corrected chi connectivity index (χ1v) is 4.10. The molecule has 0 aliphatic carbocycles. The zero-order chi connectivity index (χ0) is 8.10. The van der Waals surface area contributed by atoms with Gasteiger partial charge in [-0.1, -0.05) is 13.8 Å². The minimum absolute atomic E-state index is 0.892. The van der Waals surface area contributed by atoms with Crippen LogP contribution in [0.25, 0.3) is 0 Å². The van der Waals surface area contributed by atoms with E-state index in [0.29, 0.717) is 0 Å².